The van der Waals surface area contributed by atoms with E-state index in [2.05, 4.69) is 193 Å². The number of hydrogen-bond acceptors (Lipinski definition) is 1. The molecule has 45 heavy (non-hydrogen) atoms. The Labute approximate surface area is 264 Å². The normalized spacial score (nSPS) is 11.1. The molecule has 8 rings (SSSR count). The van der Waals surface area contributed by atoms with E-state index in [1.807, 2.05) is 0 Å². The van der Waals surface area contributed by atoms with Gasteiger partial charge in [-0.25, -0.2) is 0 Å². The van der Waals surface area contributed by atoms with Gasteiger partial charge in [0.2, 0.25) is 0 Å². The van der Waals surface area contributed by atoms with Crippen molar-refractivity contribution in [2.75, 3.05) is 4.90 Å². The molecule has 0 spiro atoms. The van der Waals surface area contributed by atoms with Crippen molar-refractivity contribution >= 4 is 38.6 Å². The molecule has 0 heterocycles. The van der Waals surface area contributed by atoms with E-state index in [4.69, 9.17) is 0 Å². The second-order valence-electron chi connectivity index (χ2n) is 11.4. The van der Waals surface area contributed by atoms with Crippen LogP contribution in [0.5, 0.6) is 0 Å². The van der Waals surface area contributed by atoms with Crippen LogP contribution in [0.25, 0.3) is 54.9 Å². The first-order valence-electron chi connectivity index (χ1n) is 15.4. The first kappa shape index (κ1) is 26.7. The van der Waals surface area contributed by atoms with Gasteiger partial charge in [0, 0.05) is 16.6 Å². The summed E-state index contributed by atoms with van der Waals surface area (Å²) in [6.45, 7) is 0. The summed E-state index contributed by atoms with van der Waals surface area (Å²) in [6, 6.07) is 67.7. The molecule has 1 nitrogen and oxygen atoms in total. The maximum atomic E-state index is 2.40. The summed E-state index contributed by atoms with van der Waals surface area (Å²) in [7, 11) is 0. The summed E-state index contributed by atoms with van der Waals surface area (Å²) in [5, 5.41) is 4.93. The molecule has 0 amide bonds. The van der Waals surface area contributed by atoms with Gasteiger partial charge < -0.3 is 4.90 Å². The van der Waals surface area contributed by atoms with E-state index in [0.29, 0.717) is 0 Å². The number of nitrogens with zero attached hydrogens (tertiary/aromatic N) is 1. The van der Waals surface area contributed by atoms with Gasteiger partial charge in [0.1, 0.15) is 0 Å². The standard InChI is InChI=1S/C44H31N/c1-3-12-32(13-4-1)37-24-22-34-23-25-38(31-39(34)30-37)33-26-28-40(29-27-33)45(44-21-11-17-36-16-7-8-18-42(36)44)43-20-10-9-19-41(43)35-14-5-2-6-15-35/h1-31H. The fourth-order valence-corrected chi connectivity index (χ4v) is 6.38. The molecule has 212 valence electrons. The third kappa shape index (κ3) is 5.15. The van der Waals surface area contributed by atoms with E-state index in [1.165, 1.54) is 54.9 Å². The number of para-hydroxylation sites is 1. The molecule has 0 bridgehead atoms. The molecule has 0 aliphatic rings. The number of rotatable bonds is 6. The minimum Gasteiger partial charge on any atom is -0.309 e. The summed E-state index contributed by atoms with van der Waals surface area (Å²) < 4.78 is 0. The number of fused-ring (bicyclic) bond motifs is 2. The van der Waals surface area contributed by atoms with Crippen LogP contribution in [0.1, 0.15) is 0 Å². The maximum absolute atomic E-state index is 2.40. The summed E-state index contributed by atoms with van der Waals surface area (Å²) in [5.74, 6) is 0. The minimum absolute atomic E-state index is 1.12. The lowest BCUT2D eigenvalue weighted by atomic mass is 9.97. The lowest BCUT2D eigenvalue weighted by Crippen LogP contribution is -2.11. The van der Waals surface area contributed by atoms with Gasteiger partial charge in [-0.15, -0.1) is 0 Å². The zero-order valence-corrected chi connectivity index (χ0v) is 24.8. The van der Waals surface area contributed by atoms with Gasteiger partial charge in [0.15, 0.2) is 0 Å². The van der Waals surface area contributed by atoms with Crippen LogP contribution in [0.15, 0.2) is 188 Å². The molecule has 0 aromatic heterocycles. The topological polar surface area (TPSA) is 3.24 Å². The molecule has 0 saturated heterocycles. The van der Waals surface area contributed by atoms with Crippen LogP contribution in [-0.2, 0) is 0 Å². The van der Waals surface area contributed by atoms with Crippen LogP contribution < -0.4 is 4.90 Å². The molecule has 0 aliphatic heterocycles. The lowest BCUT2D eigenvalue weighted by molar-refractivity contribution is 1.30. The van der Waals surface area contributed by atoms with Crippen LogP contribution in [0, 0.1) is 0 Å². The molecule has 0 saturated carbocycles. The van der Waals surface area contributed by atoms with E-state index in [1.54, 1.807) is 0 Å². The Morgan fingerprint density at radius 2 is 0.822 bits per heavy atom. The first-order valence-corrected chi connectivity index (χ1v) is 15.4. The molecule has 0 N–H and O–H groups in total. The maximum Gasteiger partial charge on any atom is 0.0540 e. The molecular formula is C44H31N. The second kappa shape index (κ2) is 11.6. The van der Waals surface area contributed by atoms with Crippen molar-refractivity contribution in [1.82, 2.24) is 0 Å². The van der Waals surface area contributed by atoms with E-state index in [0.717, 1.165) is 17.1 Å². The van der Waals surface area contributed by atoms with Crippen molar-refractivity contribution < 1.29 is 0 Å². The van der Waals surface area contributed by atoms with E-state index in [9.17, 15) is 0 Å². The van der Waals surface area contributed by atoms with Crippen molar-refractivity contribution in [3.63, 3.8) is 0 Å². The Morgan fingerprint density at radius 3 is 1.56 bits per heavy atom. The van der Waals surface area contributed by atoms with Gasteiger partial charge in [0.25, 0.3) is 0 Å². The Balaban J connectivity index is 1.24. The van der Waals surface area contributed by atoms with Crippen LogP contribution in [0.4, 0.5) is 17.1 Å². The van der Waals surface area contributed by atoms with Gasteiger partial charge in [0.05, 0.1) is 11.4 Å². The van der Waals surface area contributed by atoms with Crippen LogP contribution >= 0.6 is 0 Å². The average molecular weight is 574 g/mol. The fraction of sp³-hybridized carbons (Fsp3) is 0. The Bertz CT molecular complexity index is 2250. The highest BCUT2D eigenvalue weighted by Gasteiger charge is 2.19. The Hall–Kier alpha value is -5.92. The number of hydrogen-bond donors (Lipinski definition) is 0. The van der Waals surface area contributed by atoms with Gasteiger partial charge in [-0.1, -0.05) is 152 Å². The van der Waals surface area contributed by atoms with Crippen molar-refractivity contribution in [2.45, 2.75) is 0 Å². The first-order chi connectivity index (χ1) is 22.3. The zero-order valence-electron chi connectivity index (χ0n) is 24.8. The van der Waals surface area contributed by atoms with Crippen molar-refractivity contribution in [1.29, 1.82) is 0 Å². The highest BCUT2D eigenvalue weighted by molar-refractivity contribution is 6.01. The molecule has 0 atom stereocenters. The van der Waals surface area contributed by atoms with Gasteiger partial charge in [-0.2, -0.15) is 0 Å². The molecule has 1 heteroatoms. The minimum atomic E-state index is 1.12. The molecule has 8 aromatic rings. The van der Waals surface area contributed by atoms with Crippen LogP contribution in [-0.4, -0.2) is 0 Å². The van der Waals surface area contributed by atoms with Gasteiger partial charge in [-0.3, -0.25) is 0 Å². The van der Waals surface area contributed by atoms with Gasteiger partial charge >= 0.3 is 0 Å². The summed E-state index contributed by atoms with van der Waals surface area (Å²) in [5.41, 5.74) is 10.7. The van der Waals surface area contributed by atoms with Crippen molar-refractivity contribution in [3.8, 4) is 33.4 Å². The largest absolute Gasteiger partial charge is 0.309 e. The van der Waals surface area contributed by atoms with Gasteiger partial charge in [-0.05, 0) is 80.4 Å². The molecule has 0 aliphatic carbocycles. The summed E-state index contributed by atoms with van der Waals surface area (Å²) in [6.07, 6.45) is 0. The van der Waals surface area contributed by atoms with Crippen LogP contribution in [0.2, 0.25) is 0 Å². The zero-order chi connectivity index (χ0) is 30.0. The average Bonchev–Trinajstić information content (AvgIpc) is 3.13. The fourth-order valence-electron chi connectivity index (χ4n) is 6.38. The van der Waals surface area contributed by atoms with E-state index in [-0.39, 0.29) is 0 Å². The number of benzene rings is 8. The monoisotopic (exact) mass is 573 g/mol. The molecule has 8 aromatic carbocycles. The van der Waals surface area contributed by atoms with Crippen molar-refractivity contribution in [2.24, 2.45) is 0 Å². The highest BCUT2D eigenvalue weighted by Crippen LogP contribution is 2.43. The third-order valence-corrected chi connectivity index (χ3v) is 8.64. The quantitative estimate of drug-likeness (QED) is 0.191. The SMILES string of the molecule is c1ccc(-c2ccc3ccc(-c4ccc(N(c5ccccc5-c5ccccc5)c5cccc6ccccc56)cc4)cc3c2)cc1. The Kier molecular flexibility index (Phi) is 6.90. The summed E-state index contributed by atoms with van der Waals surface area (Å²) in [4.78, 5) is 2.40. The van der Waals surface area contributed by atoms with E-state index < -0.39 is 0 Å². The highest BCUT2D eigenvalue weighted by atomic mass is 15.1. The smallest absolute Gasteiger partial charge is 0.0540 e. The van der Waals surface area contributed by atoms with E-state index >= 15 is 0 Å². The predicted octanol–water partition coefficient (Wildman–Crippen LogP) is 12.5. The molecule has 0 fully saturated rings. The van der Waals surface area contributed by atoms with Crippen LogP contribution in [0.3, 0.4) is 0 Å². The molecule has 0 radical (unpaired) electrons. The summed E-state index contributed by atoms with van der Waals surface area (Å²) >= 11 is 0. The third-order valence-electron chi connectivity index (χ3n) is 8.64. The predicted molar refractivity (Wildman–Crippen MR) is 192 cm³/mol. The van der Waals surface area contributed by atoms with Crippen molar-refractivity contribution in [3.05, 3.63) is 188 Å². The second-order valence-corrected chi connectivity index (χ2v) is 11.4. The lowest BCUT2D eigenvalue weighted by Gasteiger charge is -2.29. The molecular weight excluding hydrogens is 542 g/mol. The molecule has 0 unspecified atom stereocenters. The number of anilines is 3. The Morgan fingerprint density at radius 1 is 0.289 bits per heavy atom.